The second-order valence-electron chi connectivity index (χ2n) is 4.27. The molecule has 1 aromatic rings. The van der Waals surface area contributed by atoms with Gasteiger partial charge in [-0.25, -0.2) is 8.78 Å². The van der Waals surface area contributed by atoms with Crippen molar-refractivity contribution in [3.8, 4) is 0 Å². The van der Waals surface area contributed by atoms with Gasteiger partial charge in [0.15, 0.2) is 0 Å². The number of rotatable bonds is 1. The van der Waals surface area contributed by atoms with E-state index in [0.717, 1.165) is 0 Å². The van der Waals surface area contributed by atoms with E-state index in [1.165, 1.54) is 18.2 Å². The van der Waals surface area contributed by atoms with Gasteiger partial charge in [0.05, 0.1) is 0 Å². The van der Waals surface area contributed by atoms with E-state index in [4.69, 9.17) is 5.73 Å². The molecule has 0 bridgehead atoms. The lowest BCUT2D eigenvalue weighted by atomic mass is 9.66. The summed E-state index contributed by atoms with van der Waals surface area (Å²) in [5.74, 6) is -0.599. The summed E-state index contributed by atoms with van der Waals surface area (Å²) in [5, 5.41) is 0. The largest absolute Gasteiger partial charge is 0.321 e. The lowest BCUT2D eigenvalue weighted by Crippen LogP contribution is -2.49. The molecular weight excluding hydrogens is 184 g/mol. The van der Waals surface area contributed by atoms with Crippen LogP contribution in [0.4, 0.5) is 8.78 Å². The van der Waals surface area contributed by atoms with Gasteiger partial charge in [-0.15, -0.1) is 0 Å². The van der Waals surface area contributed by atoms with Gasteiger partial charge in [0.25, 0.3) is 0 Å². The summed E-state index contributed by atoms with van der Waals surface area (Å²) in [7, 11) is 0. The van der Waals surface area contributed by atoms with E-state index in [1.807, 2.05) is 6.92 Å². The fourth-order valence-electron chi connectivity index (χ4n) is 2.36. The zero-order chi connectivity index (χ0) is 10.3. The van der Waals surface area contributed by atoms with Gasteiger partial charge < -0.3 is 5.73 Å². The maximum atomic E-state index is 13.4. The lowest BCUT2D eigenvalue weighted by molar-refractivity contribution is 0.153. The van der Waals surface area contributed by atoms with Crippen molar-refractivity contribution in [2.75, 3.05) is 0 Å². The van der Waals surface area contributed by atoms with E-state index in [9.17, 15) is 8.78 Å². The average molecular weight is 197 g/mol. The molecule has 1 aromatic carbocycles. The highest BCUT2D eigenvalue weighted by molar-refractivity contribution is 5.30. The van der Waals surface area contributed by atoms with Crippen LogP contribution in [0.2, 0.25) is 0 Å². The van der Waals surface area contributed by atoms with Crippen molar-refractivity contribution in [2.45, 2.75) is 25.3 Å². The van der Waals surface area contributed by atoms with Crippen molar-refractivity contribution in [2.24, 2.45) is 11.7 Å². The van der Waals surface area contributed by atoms with Crippen molar-refractivity contribution in [1.82, 2.24) is 0 Å². The summed E-state index contributed by atoms with van der Waals surface area (Å²) in [4.78, 5) is 0. The van der Waals surface area contributed by atoms with E-state index in [2.05, 4.69) is 0 Å². The Morgan fingerprint density at radius 3 is 2.21 bits per heavy atom. The quantitative estimate of drug-likeness (QED) is 0.735. The van der Waals surface area contributed by atoms with E-state index in [-0.39, 0.29) is 5.56 Å². The molecule has 0 heterocycles. The Morgan fingerprint density at radius 2 is 1.79 bits per heavy atom. The van der Waals surface area contributed by atoms with Gasteiger partial charge in [-0.2, -0.15) is 0 Å². The van der Waals surface area contributed by atoms with E-state index in [0.29, 0.717) is 18.8 Å². The molecule has 0 aromatic heterocycles. The molecule has 1 fully saturated rings. The predicted molar refractivity (Wildman–Crippen MR) is 50.6 cm³/mol. The summed E-state index contributed by atoms with van der Waals surface area (Å²) in [6, 6.07) is 3.88. The molecule has 0 atom stereocenters. The molecule has 0 aliphatic heterocycles. The number of hydrogen-bond acceptors (Lipinski definition) is 1. The zero-order valence-corrected chi connectivity index (χ0v) is 8.06. The van der Waals surface area contributed by atoms with Gasteiger partial charge in [-0.05, 0) is 30.9 Å². The fourth-order valence-corrected chi connectivity index (χ4v) is 2.36. The van der Waals surface area contributed by atoms with E-state index < -0.39 is 17.2 Å². The summed E-state index contributed by atoms with van der Waals surface area (Å²) < 4.78 is 26.7. The molecule has 1 nitrogen and oxygen atoms in total. The molecule has 1 aliphatic carbocycles. The van der Waals surface area contributed by atoms with Gasteiger partial charge in [0.2, 0.25) is 0 Å². The molecule has 2 N–H and O–H groups in total. The minimum atomic E-state index is -0.783. The van der Waals surface area contributed by atoms with Crippen molar-refractivity contribution >= 4 is 0 Å². The van der Waals surface area contributed by atoms with Crippen LogP contribution in [0.5, 0.6) is 0 Å². The maximum absolute atomic E-state index is 13.4. The number of benzene rings is 1. The third-order valence-electron chi connectivity index (χ3n) is 2.89. The fraction of sp³-hybridized carbons (Fsp3) is 0.455. The van der Waals surface area contributed by atoms with Crippen LogP contribution in [-0.4, -0.2) is 0 Å². The Kier molecular flexibility index (Phi) is 2.07. The van der Waals surface area contributed by atoms with Gasteiger partial charge in [0.1, 0.15) is 11.6 Å². The van der Waals surface area contributed by atoms with Crippen LogP contribution >= 0.6 is 0 Å². The van der Waals surface area contributed by atoms with Crippen molar-refractivity contribution in [1.29, 1.82) is 0 Å². The van der Waals surface area contributed by atoms with Crippen LogP contribution in [0.1, 0.15) is 25.3 Å². The molecule has 0 spiro atoms. The Labute approximate surface area is 81.9 Å². The first kappa shape index (κ1) is 9.59. The third kappa shape index (κ3) is 1.32. The molecule has 14 heavy (non-hydrogen) atoms. The van der Waals surface area contributed by atoms with Gasteiger partial charge in [-0.1, -0.05) is 13.0 Å². The van der Waals surface area contributed by atoms with Crippen molar-refractivity contribution < 1.29 is 8.78 Å². The molecule has 2 rings (SSSR count). The number of halogens is 2. The molecular formula is C11H13F2N. The monoisotopic (exact) mass is 197 g/mol. The highest BCUT2D eigenvalue weighted by atomic mass is 19.1. The second kappa shape index (κ2) is 3.02. The Bertz CT molecular complexity index is 336. The second-order valence-corrected chi connectivity index (χ2v) is 4.27. The van der Waals surface area contributed by atoms with E-state index in [1.54, 1.807) is 0 Å². The predicted octanol–water partition coefficient (Wildman–Crippen LogP) is 2.55. The van der Waals surface area contributed by atoms with Crippen LogP contribution in [0.3, 0.4) is 0 Å². The molecule has 1 aliphatic rings. The summed E-state index contributed by atoms with van der Waals surface area (Å²) in [6.45, 7) is 2.03. The number of hydrogen-bond donors (Lipinski definition) is 1. The Balaban J connectivity index is 2.41. The Hall–Kier alpha value is -0.960. The van der Waals surface area contributed by atoms with Crippen LogP contribution in [0, 0.1) is 17.6 Å². The summed E-state index contributed by atoms with van der Waals surface area (Å²) in [6.07, 6.45) is 1.32. The highest BCUT2D eigenvalue weighted by Gasteiger charge is 2.43. The molecule has 0 amide bonds. The standard InChI is InChI=1S/C11H13F2N/c1-7-5-11(14,6-7)10-8(12)3-2-4-9(10)13/h2-4,7H,5-6,14H2,1H3. The molecule has 3 heteroatoms. The third-order valence-corrected chi connectivity index (χ3v) is 2.89. The lowest BCUT2D eigenvalue weighted by Gasteiger charge is -2.44. The normalized spacial score (nSPS) is 31.3. The van der Waals surface area contributed by atoms with Crippen molar-refractivity contribution in [3.63, 3.8) is 0 Å². The first-order chi connectivity index (χ1) is 6.53. The smallest absolute Gasteiger partial charge is 0.131 e. The van der Waals surface area contributed by atoms with Gasteiger partial charge in [0, 0.05) is 11.1 Å². The highest BCUT2D eigenvalue weighted by Crippen LogP contribution is 2.44. The molecule has 0 saturated heterocycles. The first-order valence-electron chi connectivity index (χ1n) is 4.76. The van der Waals surface area contributed by atoms with Crippen molar-refractivity contribution in [3.05, 3.63) is 35.4 Å². The molecule has 1 saturated carbocycles. The minimum absolute atomic E-state index is 0.0538. The van der Waals surface area contributed by atoms with Gasteiger partial charge in [-0.3, -0.25) is 0 Å². The molecule has 76 valence electrons. The van der Waals surface area contributed by atoms with Crippen LogP contribution in [0.15, 0.2) is 18.2 Å². The first-order valence-corrected chi connectivity index (χ1v) is 4.76. The molecule has 0 unspecified atom stereocenters. The summed E-state index contributed by atoms with van der Waals surface area (Å²) >= 11 is 0. The van der Waals surface area contributed by atoms with Crippen LogP contribution < -0.4 is 5.73 Å². The van der Waals surface area contributed by atoms with Crippen LogP contribution in [-0.2, 0) is 5.54 Å². The zero-order valence-electron chi connectivity index (χ0n) is 8.06. The Morgan fingerprint density at radius 1 is 1.29 bits per heavy atom. The number of nitrogens with two attached hydrogens (primary N) is 1. The van der Waals surface area contributed by atoms with Gasteiger partial charge >= 0.3 is 0 Å². The maximum Gasteiger partial charge on any atom is 0.131 e. The molecule has 0 radical (unpaired) electrons. The van der Waals surface area contributed by atoms with Crippen LogP contribution in [0.25, 0.3) is 0 Å². The summed E-state index contributed by atoms with van der Waals surface area (Å²) in [5.41, 5.74) is 5.21. The topological polar surface area (TPSA) is 26.0 Å². The average Bonchev–Trinajstić information content (AvgIpc) is 2.00. The minimum Gasteiger partial charge on any atom is -0.321 e. The SMILES string of the molecule is CC1CC(N)(c2c(F)cccc2F)C1. The van der Waals surface area contributed by atoms with E-state index >= 15 is 0 Å².